The van der Waals surface area contributed by atoms with Gasteiger partial charge in [0.15, 0.2) is 11.6 Å². The maximum Gasteiger partial charge on any atom is 0.167 e. The third-order valence-corrected chi connectivity index (χ3v) is 3.19. The molecule has 1 aromatic heterocycles. The molecule has 1 aromatic carbocycles. The van der Waals surface area contributed by atoms with Crippen LogP contribution in [-0.2, 0) is 13.0 Å². The van der Waals surface area contributed by atoms with Gasteiger partial charge in [-0.25, -0.2) is 13.8 Å². The van der Waals surface area contributed by atoms with Crippen molar-refractivity contribution < 1.29 is 18.6 Å². The highest BCUT2D eigenvalue weighted by molar-refractivity contribution is 7.09. The molecule has 0 radical (unpaired) electrons. The van der Waals surface area contributed by atoms with Gasteiger partial charge in [0.25, 0.3) is 0 Å². The molecular formula is C12H11F2NO2S. The molecule has 18 heavy (non-hydrogen) atoms. The van der Waals surface area contributed by atoms with Crippen LogP contribution in [0.3, 0.4) is 0 Å². The maximum atomic E-state index is 13.2. The fraction of sp³-hybridized carbons (Fsp3) is 0.250. The lowest BCUT2D eigenvalue weighted by Gasteiger charge is -2.05. The fourth-order valence-corrected chi connectivity index (χ4v) is 2.15. The predicted octanol–water partition coefficient (Wildman–Crippen LogP) is 2.54. The molecule has 1 heterocycles. The summed E-state index contributed by atoms with van der Waals surface area (Å²) in [7, 11) is 0. The van der Waals surface area contributed by atoms with Crippen molar-refractivity contribution in [1.82, 2.24) is 4.98 Å². The minimum Gasteiger partial charge on any atom is -0.490 e. The first kappa shape index (κ1) is 12.9. The van der Waals surface area contributed by atoms with Gasteiger partial charge >= 0.3 is 0 Å². The van der Waals surface area contributed by atoms with Crippen molar-refractivity contribution in [3.05, 3.63) is 45.9 Å². The highest BCUT2D eigenvalue weighted by atomic mass is 32.1. The highest BCUT2D eigenvalue weighted by Crippen LogP contribution is 2.18. The summed E-state index contributed by atoms with van der Waals surface area (Å²) < 4.78 is 31.1. The molecule has 0 bridgehead atoms. The summed E-state index contributed by atoms with van der Waals surface area (Å²) in [6.45, 7) is 0.158. The lowest BCUT2D eigenvalue weighted by Crippen LogP contribution is -2.03. The Kier molecular flexibility index (Phi) is 4.22. The van der Waals surface area contributed by atoms with E-state index in [-0.39, 0.29) is 19.0 Å². The van der Waals surface area contributed by atoms with Gasteiger partial charge in [-0.05, 0) is 12.1 Å². The summed E-state index contributed by atoms with van der Waals surface area (Å²) in [5.74, 6) is -1.33. The van der Waals surface area contributed by atoms with Crippen LogP contribution in [0.5, 0.6) is 5.75 Å². The number of hydrogen-bond acceptors (Lipinski definition) is 4. The Labute approximate surface area is 107 Å². The monoisotopic (exact) mass is 271 g/mol. The van der Waals surface area contributed by atoms with Crippen molar-refractivity contribution >= 4 is 11.3 Å². The number of halogens is 2. The third-order valence-electron chi connectivity index (χ3n) is 2.23. The minimum absolute atomic E-state index is 0.0235. The number of hydrogen-bond donors (Lipinski definition) is 1. The average molecular weight is 271 g/mol. The standard InChI is InChI=1S/C12H11F2NO2S/c13-8-1-2-11(10(14)5-8)17-4-3-12-15-9(6-16)7-18-12/h1-2,5,7,16H,3-4,6H2. The van der Waals surface area contributed by atoms with Crippen LogP contribution in [-0.4, -0.2) is 16.7 Å². The van der Waals surface area contributed by atoms with Gasteiger partial charge in [-0.1, -0.05) is 0 Å². The second-order valence-electron chi connectivity index (χ2n) is 3.56. The molecule has 0 spiro atoms. The summed E-state index contributed by atoms with van der Waals surface area (Å²) in [5, 5.41) is 11.4. The Morgan fingerprint density at radius 1 is 1.33 bits per heavy atom. The zero-order valence-corrected chi connectivity index (χ0v) is 10.2. The van der Waals surface area contributed by atoms with Gasteiger partial charge in [-0.15, -0.1) is 11.3 Å². The van der Waals surface area contributed by atoms with E-state index in [1.54, 1.807) is 5.38 Å². The second kappa shape index (κ2) is 5.88. The molecule has 0 saturated heterocycles. The molecule has 1 N–H and O–H groups in total. The third kappa shape index (κ3) is 3.24. The van der Waals surface area contributed by atoms with E-state index in [1.165, 1.54) is 17.4 Å². The zero-order valence-electron chi connectivity index (χ0n) is 9.40. The van der Waals surface area contributed by atoms with Crippen molar-refractivity contribution in [1.29, 1.82) is 0 Å². The zero-order chi connectivity index (χ0) is 13.0. The SMILES string of the molecule is OCc1csc(CCOc2ccc(F)cc2F)n1. The first-order chi connectivity index (χ1) is 8.69. The molecule has 6 heteroatoms. The number of nitrogens with zero attached hydrogens (tertiary/aromatic N) is 1. The molecule has 0 aliphatic heterocycles. The molecule has 2 aromatic rings. The van der Waals surface area contributed by atoms with Crippen LogP contribution in [0.15, 0.2) is 23.6 Å². The van der Waals surface area contributed by atoms with Crippen LogP contribution >= 0.6 is 11.3 Å². The van der Waals surface area contributed by atoms with Gasteiger partial charge in [0.05, 0.1) is 23.9 Å². The van der Waals surface area contributed by atoms with Gasteiger partial charge in [-0.3, -0.25) is 0 Å². The van der Waals surface area contributed by atoms with Crippen LogP contribution in [0, 0.1) is 11.6 Å². The normalized spacial score (nSPS) is 10.6. The molecule has 0 atom stereocenters. The second-order valence-corrected chi connectivity index (χ2v) is 4.51. The minimum atomic E-state index is -0.717. The van der Waals surface area contributed by atoms with Crippen molar-refractivity contribution in [2.24, 2.45) is 0 Å². The lowest BCUT2D eigenvalue weighted by molar-refractivity contribution is 0.276. The number of aliphatic hydroxyl groups excluding tert-OH is 1. The maximum absolute atomic E-state index is 13.2. The van der Waals surface area contributed by atoms with E-state index in [1.807, 2.05) is 0 Å². The van der Waals surface area contributed by atoms with Crippen molar-refractivity contribution in [3.8, 4) is 5.75 Å². The lowest BCUT2D eigenvalue weighted by atomic mass is 10.3. The first-order valence-corrected chi connectivity index (χ1v) is 6.19. The number of rotatable bonds is 5. The van der Waals surface area contributed by atoms with Gasteiger partial charge < -0.3 is 9.84 Å². The van der Waals surface area contributed by atoms with Crippen molar-refractivity contribution in [3.63, 3.8) is 0 Å². The number of aromatic nitrogens is 1. The molecule has 2 rings (SSSR count). The van der Waals surface area contributed by atoms with E-state index >= 15 is 0 Å². The molecule has 0 saturated carbocycles. The molecule has 0 fully saturated rings. The van der Waals surface area contributed by atoms with Crippen molar-refractivity contribution in [2.45, 2.75) is 13.0 Å². The molecule has 0 aliphatic carbocycles. The highest BCUT2D eigenvalue weighted by Gasteiger charge is 2.06. The topological polar surface area (TPSA) is 42.4 Å². The van der Waals surface area contributed by atoms with Gasteiger partial charge in [0.2, 0.25) is 0 Å². The summed E-state index contributed by atoms with van der Waals surface area (Å²) in [6, 6.07) is 3.18. The summed E-state index contributed by atoms with van der Waals surface area (Å²) in [5.41, 5.74) is 0.614. The van der Waals surface area contributed by atoms with Crippen LogP contribution in [0.25, 0.3) is 0 Å². The average Bonchev–Trinajstić information content (AvgIpc) is 2.80. The molecular weight excluding hydrogens is 260 g/mol. The van der Waals surface area contributed by atoms with Crippen LogP contribution in [0.1, 0.15) is 10.7 Å². The van der Waals surface area contributed by atoms with Gasteiger partial charge in [0, 0.05) is 17.9 Å². The van der Waals surface area contributed by atoms with Crippen LogP contribution in [0.2, 0.25) is 0 Å². The largest absolute Gasteiger partial charge is 0.490 e. The number of aliphatic hydroxyl groups is 1. The quantitative estimate of drug-likeness (QED) is 0.908. The number of benzene rings is 1. The fourth-order valence-electron chi connectivity index (χ4n) is 1.38. The Morgan fingerprint density at radius 2 is 2.17 bits per heavy atom. The Hall–Kier alpha value is -1.53. The first-order valence-electron chi connectivity index (χ1n) is 5.31. The Bertz CT molecular complexity index is 531. The van der Waals surface area contributed by atoms with Gasteiger partial charge in [0.1, 0.15) is 5.82 Å². The van der Waals surface area contributed by atoms with Crippen LogP contribution < -0.4 is 4.74 Å². The summed E-state index contributed by atoms with van der Waals surface area (Å²) in [4.78, 5) is 4.13. The smallest absolute Gasteiger partial charge is 0.167 e. The molecule has 3 nitrogen and oxygen atoms in total. The number of ether oxygens (including phenoxy) is 1. The molecule has 0 aliphatic rings. The molecule has 0 amide bonds. The van der Waals surface area contributed by atoms with E-state index in [0.29, 0.717) is 12.1 Å². The Balaban J connectivity index is 1.88. The molecule has 96 valence electrons. The summed E-state index contributed by atoms with van der Waals surface area (Å²) in [6.07, 6.45) is 0.515. The van der Waals surface area contributed by atoms with E-state index in [2.05, 4.69) is 4.98 Å². The van der Waals surface area contributed by atoms with Gasteiger partial charge in [-0.2, -0.15) is 0 Å². The Morgan fingerprint density at radius 3 is 2.83 bits per heavy atom. The van der Waals surface area contributed by atoms with E-state index in [9.17, 15) is 8.78 Å². The van der Waals surface area contributed by atoms with E-state index < -0.39 is 11.6 Å². The van der Waals surface area contributed by atoms with Crippen LogP contribution in [0.4, 0.5) is 8.78 Å². The van der Waals surface area contributed by atoms with E-state index in [0.717, 1.165) is 17.1 Å². The van der Waals surface area contributed by atoms with Crippen molar-refractivity contribution in [2.75, 3.05) is 6.61 Å². The summed E-state index contributed by atoms with van der Waals surface area (Å²) >= 11 is 1.41. The predicted molar refractivity (Wildman–Crippen MR) is 63.6 cm³/mol. The number of thiazole rings is 1. The molecule has 0 unspecified atom stereocenters. The van der Waals surface area contributed by atoms with E-state index in [4.69, 9.17) is 9.84 Å².